The van der Waals surface area contributed by atoms with Gasteiger partial charge >= 0.3 is 0 Å². The van der Waals surface area contributed by atoms with E-state index >= 15 is 0 Å². The molecule has 0 saturated heterocycles. The summed E-state index contributed by atoms with van der Waals surface area (Å²) in [6.07, 6.45) is 2.28. The molecule has 1 unspecified atom stereocenters. The zero-order valence-corrected chi connectivity index (χ0v) is 8.14. The zero-order valence-electron chi connectivity index (χ0n) is 7.32. The third-order valence-electron chi connectivity index (χ3n) is 1.54. The second-order valence-corrected chi connectivity index (χ2v) is 3.48. The molecule has 0 aliphatic heterocycles. The van der Waals surface area contributed by atoms with Gasteiger partial charge in [0.1, 0.15) is 6.33 Å². The summed E-state index contributed by atoms with van der Waals surface area (Å²) in [6, 6.07) is 2.09. The molecular formula is C7H11N5S. The molecule has 0 amide bonds. The monoisotopic (exact) mass is 197 g/mol. The van der Waals surface area contributed by atoms with Gasteiger partial charge in [-0.1, -0.05) is 11.8 Å². The highest BCUT2D eigenvalue weighted by Crippen LogP contribution is 2.12. The topological polar surface area (TPSA) is 77.4 Å². The maximum Gasteiger partial charge on any atom is 0.183 e. The number of rotatable bonds is 5. The van der Waals surface area contributed by atoms with Gasteiger partial charge in [0, 0.05) is 5.75 Å². The molecule has 2 N–H and O–H groups in total. The fourth-order valence-electron chi connectivity index (χ4n) is 0.811. The van der Waals surface area contributed by atoms with Crippen LogP contribution in [-0.2, 0) is 0 Å². The number of hydrogen-bond donors (Lipinski definition) is 2. The van der Waals surface area contributed by atoms with Gasteiger partial charge in [-0.3, -0.25) is 5.10 Å². The Balaban J connectivity index is 2.18. The predicted molar refractivity (Wildman–Crippen MR) is 50.2 cm³/mol. The van der Waals surface area contributed by atoms with Crippen LogP contribution >= 0.6 is 11.8 Å². The average Bonchev–Trinajstić information content (AvgIpc) is 2.65. The van der Waals surface area contributed by atoms with E-state index in [0.29, 0.717) is 0 Å². The number of aromatic amines is 1. The summed E-state index contributed by atoms with van der Waals surface area (Å²) < 4.78 is 0. The molecule has 1 atom stereocenters. The first-order valence-corrected chi connectivity index (χ1v) is 4.90. The van der Waals surface area contributed by atoms with Gasteiger partial charge in [0.25, 0.3) is 0 Å². The minimum absolute atomic E-state index is 0.0737. The van der Waals surface area contributed by atoms with Crippen molar-refractivity contribution in [3.8, 4) is 6.07 Å². The van der Waals surface area contributed by atoms with Crippen LogP contribution in [0.15, 0.2) is 11.5 Å². The van der Waals surface area contributed by atoms with Gasteiger partial charge in [-0.05, 0) is 13.5 Å². The Morgan fingerprint density at radius 3 is 3.23 bits per heavy atom. The molecule has 0 radical (unpaired) electrons. The van der Waals surface area contributed by atoms with Crippen molar-refractivity contribution in [2.75, 3.05) is 12.8 Å². The van der Waals surface area contributed by atoms with Crippen molar-refractivity contribution in [1.82, 2.24) is 20.5 Å². The fourth-order valence-corrected chi connectivity index (χ4v) is 1.60. The van der Waals surface area contributed by atoms with E-state index in [-0.39, 0.29) is 6.04 Å². The van der Waals surface area contributed by atoms with Crippen LogP contribution in [0, 0.1) is 11.3 Å². The highest BCUT2D eigenvalue weighted by Gasteiger charge is 2.04. The Morgan fingerprint density at radius 2 is 2.69 bits per heavy atom. The molecule has 1 aromatic heterocycles. The van der Waals surface area contributed by atoms with Crippen molar-refractivity contribution in [1.29, 1.82) is 5.26 Å². The molecule has 1 heterocycles. The third-order valence-corrected chi connectivity index (χ3v) is 2.45. The predicted octanol–water partition coefficient (Wildman–Crippen LogP) is 0.398. The molecule has 0 spiro atoms. The fraction of sp³-hybridized carbons (Fsp3) is 0.571. The van der Waals surface area contributed by atoms with Crippen molar-refractivity contribution < 1.29 is 0 Å². The number of H-pyrrole nitrogens is 1. The molecule has 5 nitrogen and oxygen atoms in total. The third kappa shape index (κ3) is 3.44. The number of aromatic nitrogens is 3. The van der Waals surface area contributed by atoms with Crippen LogP contribution in [0.2, 0.25) is 0 Å². The van der Waals surface area contributed by atoms with Gasteiger partial charge < -0.3 is 5.32 Å². The van der Waals surface area contributed by atoms with Crippen LogP contribution in [0.4, 0.5) is 0 Å². The molecule has 1 rings (SSSR count). The highest BCUT2D eigenvalue weighted by atomic mass is 32.2. The van der Waals surface area contributed by atoms with Crippen molar-refractivity contribution in [3.63, 3.8) is 0 Å². The number of thioether (sulfide) groups is 1. The summed E-state index contributed by atoms with van der Waals surface area (Å²) in [5, 5.41) is 18.8. The average molecular weight is 197 g/mol. The van der Waals surface area contributed by atoms with Gasteiger partial charge in [-0.2, -0.15) is 10.4 Å². The second kappa shape index (κ2) is 5.56. The molecule has 0 fully saturated rings. The number of nitrogens with one attached hydrogen (secondary N) is 2. The van der Waals surface area contributed by atoms with Crippen molar-refractivity contribution in [2.45, 2.75) is 17.6 Å². The van der Waals surface area contributed by atoms with Crippen LogP contribution in [0.5, 0.6) is 0 Å². The van der Waals surface area contributed by atoms with Crippen molar-refractivity contribution in [2.24, 2.45) is 0 Å². The summed E-state index contributed by atoms with van der Waals surface area (Å²) in [6.45, 7) is 0. The lowest BCUT2D eigenvalue weighted by Gasteiger charge is -2.04. The normalized spacial score (nSPS) is 12.3. The van der Waals surface area contributed by atoms with Crippen LogP contribution in [-0.4, -0.2) is 34.0 Å². The van der Waals surface area contributed by atoms with E-state index in [9.17, 15) is 0 Å². The number of nitriles is 1. The quantitative estimate of drug-likeness (QED) is 0.668. The van der Waals surface area contributed by atoms with Gasteiger partial charge in [-0.15, -0.1) is 0 Å². The summed E-state index contributed by atoms with van der Waals surface area (Å²) in [7, 11) is 1.78. The molecule has 0 saturated carbocycles. The first-order chi connectivity index (χ1) is 6.36. The summed E-state index contributed by atoms with van der Waals surface area (Å²) in [5.41, 5.74) is 0. The smallest absolute Gasteiger partial charge is 0.183 e. The van der Waals surface area contributed by atoms with Crippen LogP contribution < -0.4 is 5.32 Å². The minimum Gasteiger partial charge on any atom is -0.305 e. The lowest BCUT2D eigenvalue weighted by Crippen LogP contribution is -2.23. The van der Waals surface area contributed by atoms with E-state index in [1.165, 1.54) is 6.33 Å². The highest BCUT2D eigenvalue weighted by molar-refractivity contribution is 7.99. The van der Waals surface area contributed by atoms with E-state index < -0.39 is 0 Å². The minimum atomic E-state index is -0.0737. The molecular weight excluding hydrogens is 186 g/mol. The molecule has 0 aromatic carbocycles. The summed E-state index contributed by atoms with van der Waals surface area (Å²) >= 11 is 1.57. The van der Waals surface area contributed by atoms with Crippen LogP contribution in [0.25, 0.3) is 0 Å². The van der Waals surface area contributed by atoms with Crippen LogP contribution in [0.3, 0.4) is 0 Å². The SMILES string of the molecule is CNC(C#N)CCSc1ncn[nH]1. The van der Waals surface area contributed by atoms with E-state index in [1.54, 1.807) is 18.8 Å². The van der Waals surface area contributed by atoms with E-state index in [2.05, 4.69) is 26.6 Å². The van der Waals surface area contributed by atoms with E-state index in [0.717, 1.165) is 17.3 Å². The van der Waals surface area contributed by atoms with Gasteiger partial charge in [0.2, 0.25) is 0 Å². The molecule has 0 bridgehead atoms. The maximum atomic E-state index is 8.63. The van der Waals surface area contributed by atoms with Crippen molar-refractivity contribution in [3.05, 3.63) is 6.33 Å². The summed E-state index contributed by atoms with van der Waals surface area (Å²) in [4.78, 5) is 3.96. The molecule has 13 heavy (non-hydrogen) atoms. The Kier molecular flexibility index (Phi) is 4.29. The molecule has 0 aliphatic rings. The largest absolute Gasteiger partial charge is 0.305 e. The van der Waals surface area contributed by atoms with Gasteiger partial charge in [0.15, 0.2) is 5.16 Å². The first-order valence-electron chi connectivity index (χ1n) is 3.92. The molecule has 6 heteroatoms. The summed E-state index contributed by atoms with van der Waals surface area (Å²) in [5.74, 6) is 0.855. The lowest BCUT2D eigenvalue weighted by atomic mass is 10.3. The van der Waals surface area contributed by atoms with Crippen LogP contribution in [0.1, 0.15) is 6.42 Å². The van der Waals surface area contributed by atoms with E-state index in [1.807, 2.05) is 0 Å². The molecule has 70 valence electrons. The molecule has 1 aromatic rings. The number of nitrogens with zero attached hydrogens (tertiary/aromatic N) is 3. The standard InChI is InChI=1S/C7H11N5S/c1-9-6(4-8)2-3-13-7-10-5-11-12-7/h5-6,9H,2-3H2,1H3,(H,10,11,12). The Hall–Kier alpha value is -1.06. The second-order valence-electron chi connectivity index (χ2n) is 2.40. The molecule has 0 aliphatic carbocycles. The van der Waals surface area contributed by atoms with Gasteiger partial charge in [-0.25, -0.2) is 4.98 Å². The van der Waals surface area contributed by atoms with Gasteiger partial charge in [0.05, 0.1) is 12.1 Å². The Bertz CT molecular complexity index is 265. The zero-order chi connectivity index (χ0) is 9.52. The maximum absolute atomic E-state index is 8.63. The van der Waals surface area contributed by atoms with E-state index in [4.69, 9.17) is 5.26 Å². The first kappa shape index (κ1) is 10.0. The lowest BCUT2D eigenvalue weighted by molar-refractivity contribution is 0.663. The van der Waals surface area contributed by atoms with Crippen molar-refractivity contribution >= 4 is 11.8 Å². The Morgan fingerprint density at radius 1 is 1.85 bits per heavy atom. The Labute approximate surface area is 80.9 Å². The number of hydrogen-bond acceptors (Lipinski definition) is 5.